The number of hydrogen-bond donors (Lipinski definition) is 1. The summed E-state index contributed by atoms with van der Waals surface area (Å²) in [6.45, 7) is 1.49. The minimum Gasteiger partial charge on any atom is -0.458 e. The van der Waals surface area contributed by atoms with E-state index >= 15 is 0 Å². The molecule has 0 aromatic heterocycles. The van der Waals surface area contributed by atoms with Crippen LogP contribution >= 0.6 is 0 Å². The molecule has 0 amide bonds. The van der Waals surface area contributed by atoms with Crippen molar-refractivity contribution >= 4 is 0 Å². The van der Waals surface area contributed by atoms with Gasteiger partial charge in [-0.25, -0.2) is 0 Å². The zero-order valence-corrected chi connectivity index (χ0v) is 7.46. The lowest BCUT2D eigenvalue weighted by molar-refractivity contribution is 0.445. The molecule has 12 heavy (non-hydrogen) atoms. The first-order valence-corrected chi connectivity index (χ1v) is 4.02. The molecule has 0 spiro atoms. The molecule has 0 radical (unpaired) electrons. The second-order valence-electron chi connectivity index (χ2n) is 3.03. The highest BCUT2D eigenvalue weighted by atomic mass is 15.0. The topological polar surface area (TPSA) is 29.3 Å². The first kappa shape index (κ1) is 9.23. The lowest BCUT2D eigenvalue weighted by atomic mass is 10.1. The van der Waals surface area contributed by atoms with Crippen LogP contribution in [0.5, 0.6) is 0 Å². The Bertz CT molecular complexity index is 226. The molecule has 1 aromatic carbocycles. The standard InChI is InChI=1S/C10H15N2/c1-12(2)8-10-5-3-9(7-11)4-6-10/h3-6H,1,7-8,11H2,2H3/q-1. The monoisotopic (exact) mass is 163 g/mol. The number of hydrogen-bond acceptors (Lipinski definition) is 2. The zero-order valence-electron chi connectivity index (χ0n) is 7.46. The Balaban J connectivity index is 2.65. The summed E-state index contributed by atoms with van der Waals surface area (Å²) >= 11 is 0. The van der Waals surface area contributed by atoms with Crippen molar-refractivity contribution < 1.29 is 0 Å². The fourth-order valence-electron chi connectivity index (χ4n) is 1.09. The molecule has 2 nitrogen and oxygen atoms in total. The Labute approximate surface area is 74.0 Å². The molecule has 0 saturated carbocycles. The molecule has 0 atom stereocenters. The summed E-state index contributed by atoms with van der Waals surface area (Å²) in [7, 11) is 5.74. The van der Waals surface area contributed by atoms with E-state index in [2.05, 4.69) is 31.3 Å². The predicted molar refractivity (Wildman–Crippen MR) is 51.2 cm³/mol. The summed E-state index contributed by atoms with van der Waals surface area (Å²) < 4.78 is 0. The Morgan fingerprint density at radius 3 is 2.17 bits per heavy atom. The first-order chi connectivity index (χ1) is 5.72. The van der Waals surface area contributed by atoms with Crippen LogP contribution in [-0.2, 0) is 13.1 Å². The van der Waals surface area contributed by atoms with Gasteiger partial charge in [0.25, 0.3) is 0 Å². The van der Waals surface area contributed by atoms with E-state index in [1.165, 1.54) is 11.1 Å². The van der Waals surface area contributed by atoms with Crippen LogP contribution in [-0.4, -0.2) is 11.9 Å². The third kappa shape index (κ3) is 2.64. The van der Waals surface area contributed by atoms with E-state index in [9.17, 15) is 0 Å². The van der Waals surface area contributed by atoms with E-state index in [0.717, 1.165) is 6.54 Å². The van der Waals surface area contributed by atoms with Crippen LogP contribution in [0.25, 0.3) is 0 Å². The van der Waals surface area contributed by atoms with E-state index in [1.807, 2.05) is 11.9 Å². The minimum absolute atomic E-state index is 0.612. The molecule has 1 aromatic rings. The quantitative estimate of drug-likeness (QED) is 0.682. The van der Waals surface area contributed by atoms with Gasteiger partial charge in [0, 0.05) is 6.54 Å². The van der Waals surface area contributed by atoms with Crippen LogP contribution in [0.2, 0.25) is 0 Å². The lowest BCUT2D eigenvalue weighted by Gasteiger charge is -2.17. The summed E-state index contributed by atoms with van der Waals surface area (Å²) in [5.41, 5.74) is 7.92. The van der Waals surface area contributed by atoms with Gasteiger partial charge in [0.15, 0.2) is 0 Å². The maximum Gasteiger partial charge on any atom is 0.0178 e. The molecule has 0 heterocycles. The van der Waals surface area contributed by atoms with Crippen LogP contribution in [0.4, 0.5) is 0 Å². The van der Waals surface area contributed by atoms with Gasteiger partial charge in [-0.1, -0.05) is 24.3 Å². The predicted octanol–water partition coefficient (Wildman–Crippen LogP) is 1.37. The molecule has 0 aliphatic rings. The van der Waals surface area contributed by atoms with Gasteiger partial charge in [0.1, 0.15) is 0 Å². The number of nitrogens with zero attached hydrogens (tertiary/aromatic N) is 1. The van der Waals surface area contributed by atoms with E-state index in [0.29, 0.717) is 6.54 Å². The molecule has 2 N–H and O–H groups in total. The normalized spacial score (nSPS) is 10.7. The number of benzene rings is 1. The molecule has 0 saturated heterocycles. The van der Waals surface area contributed by atoms with Gasteiger partial charge in [0.05, 0.1) is 0 Å². The Kier molecular flexibility index (Phi) is 3.26. The summed E-state index contributed by atoms with van der Waals surface area (Å²) in [6.07, 6.45) is 0. The second kappa shape index (κ2) is 4.24. The van der Waals surface area contributed by atoms with Gasteiger partial charge in [-0.3, -0.25) is 7.05 Å². The Morgan fingerprint density at radius 2 is 1.75 bits per heavy atom. The summed E-state index contributed by atoms with van der Waals surface area (Å²) in [6, 6.07) is 8.28. The number of rotatable bonds is 3. The highest BCUT2D eigenvalue weighted by molar-refractivity contribution is 5.22. The van der Waals surface area contributed by atoms with Gasteiger partial charge >= 0.3 is 0 Å². The smallest absolute Gasteiger partial charge is 0.0178 e. The largest absolute Gasteiger partial charge is 0.458 e. The minimum atomic E-state index is 0.612. The summed E-state index contributed by atoms with van der Waals surface area (Å²) in [5, 5.41) is 0. The van der Waals surface area contributed by atoms with Gasteiger partial charge in [-0.2, -0.15) is 0 Å². The molecule has 0 aliphatic heterocycles. The van der Waals surface area contributed by atoms with Crippen LogP contribution in [0, 0.1) is 7.05 Å². The van der Waals surface area contributed by atoms with Gasteiger partial charge < -0.3 is 10.6 Å². The Morgan fingerprint density at radius 1 is 1.25 bits per heavy atom. The zero-order chi connectivity index (χ0) is 8.97. The third-order valence-electron chi connectivity index (χ3n) is 1.71. The van der Waals surface area contributed by atoms with E-state index in [1.54, 1.807) is 0 Å². The second-order valence-corrected chi connectivity index (χ2v) is 3.03. The van der Waals surface area contributed by atoms with E-state index < -0.39 is 0 Å². The summed E-state index contributed by atoms with van der Waals surface area (Å²) in [4.78, 5) is 1.90. The average Bonchev–Trinajstić information content (AvgIpc) is 2.05. The lowest BCUT2D eigenvalue weighted by Crippen LogP contribution is -2.07. The molecule has 0 bridgehead atoms. The molecule has 1 rings (SSSR count). The van der Waals surface area contributed by atoms with E-state index in [-0.39, 0.29) is 0 Å². The molecule has 66 valence electrons. The van der Waals surface area contributed by atoms with Crippen LogP contribution in [0.1, 0.15) is 11.1 Å². The molecular formula is C10H15N2-. The van der Waals surface area contributed by atoms with Crippen molar-refractivity contribution in [2.75, 3.05) is 7.05 Å². The highest BCUT2D eigenvalue weighted by Crippen LogP contribution is 2.05. The van der Waals surface area contributed by atoms with Gasteiger partial charge in [-0.05, 0) is 24.7 Å². The molecule has 0 fully saturated rings. The molecule has 0 unspecified atom stereocenters. The van der Waals surface area contributed by atoms with Crippen molar-refractivity contribution in [2.24, 2.45) is 5.73 Å². The number of nitrogens with two attached hydrogens (primary N) is 1. The first-order valence-electron chi connectivity index (χ1n) is 4.02. The molecule has 2 heteroatoms. The van der Waals surface area contributed by atoms with Gasteiger partial charge in [-0.15, -0.1) is 0 Å². The molecule has 0 aliphatic carbocycles. The van der Waals surface area contributed by atoms with Gasteiger partial charge in [0.2, 0.25) is 0 Å². The van der Waals surface area contributed by atoms with Crippen LogP contribution in [0.3, 0.4) is 0 Å². The maximum atomic E-state index is 5.48. The Hall–Kier alpha value is -0.860. The van der Waals surface area contributed by atoms with Crippen molar-refractivity contribution in [3.63, 3.8) is 0 Å². The van der Waals surface area contributed by atoms with Crippen molar-refractivity contribution in [3.8, 4) is 0 Å². The third-order valence-corrected chi connectivity index (χ3v) is 1.71. The van der Waals surface area contributed by atoms with Crippen molar-refractivity contribution in [1.82, 2.24) is 4.90 Å². The van der Waals surface area contributed by atoms with E-state index in [4.69, 9.17) is 5.73 Å². The fraction of sp³-hybridized carbons (Fsp3) is 0.300. The maximum absolute atomic E-state index is 5.48. The van der Waals surface area contributed by atoms with Crippen molar-refractivity contribution in [2.45, 2.75) is 13.1 Å². The summed E-state index contributed by atoms with van der Waals surface area (Å²) in [5.74, 6) is 0. The fourth-order valence-corrected chi connectivity index (χ4v) is 1.09. The van der Waals surface area contributed by atoms with Crippen LogP contribution < -0.4 is 5.73 Å². The van der Waals surface area contributed by atoms with Crippen LogP contribution in [0.15, 0.2) is 24.3 Å². The average molecular weight is 163 g/mol. The van der Waals surface area contributed by atoms with Crippen molar-refractivity contribution in [1.29, 1.82) is 0 Å². The SMILES string of the molecule is [CH2-]N(C)Cc1ccc(CN)cc1. The molecular weight excluding hydrogens is 148 g/mol. The highest BCUT2D eigenvalue weighted by Gasteiger charge is 1.91. The van der Waals surface area contributed by atoms with Crippen molar-refractivity contribution in [3.05, 3.63) is 42.4 Å².